The molecule has 0 bridgehead atoms. The molecule has 0 amide bonds. The minimum absolute atomic E-state index is 0.646. The lowest BCUT2D eigenvalue weighted by molar-refractivity contribution is 0.104. The first-order valence-electron chi connectivity index (χ1n) is 7.68. The van der Waals surface area contributed by atoms with Crippen LogP contribution < -0.4 is 5.32 Å². The highest BCUT2D eigenvalue weighted by molar-refractivity contribution is 7.10. The van der Waals surface area contributed by atoms with E-state index in [2.05, 4.69) is 49.4 Å². The average molecular weight is 280 g/mol. The van der Waals surface area contributed by atoms with Crippen molar-refractivity contribution in [1.29, 1.82) is 0 Å². The first kappa shape index (κ1) is 15.0. The van der Waals surface area contributed by atoms with Crippen LogP contribution in [0.4, 0.5) is 0 Å². The van der Waals surface area contributed by atoms with Crippen LogP contribution in [0.5, 0.6) is 0 Å². The summed E-state index contributed by atoms with van der Waals surface area (Å²) in [5, 5.41) is 5.97. The number of rotatable bonds is 5. The Morgan fingerprint density at radius 3 is 2.84 bits per heavy atom. The highest BCUT2D eigenvalue weighted by Crippen LogP contribution is 2.23. The summed E-state index contributed by atoms with van der Waals surface area (Å²) < 4.78 is 0. The van der Waals surface area contributed by atoms with Gasteiger partial charge >= 0.3 is 0 Å². The number of thiophene rings is 1. The summed E-state index contributed by atoms with van der Waals surface area (Å²) in [7, 11) is 0. The van der Waals surface area contributed by atoms with Crippen LogP contribution in [0.15, 0.2) is 11.4 Å². The summed E-state index contributed by atoms with van der Waals surface area (Å²) in [6.45, 7) is 12.7. The van der Waals surface area contributed by atoms with E-state index >= 15 is 0 Å². The van der Waals surface area contributed by atoms with Crippen LogP contribution in [0.25, 0.3) is 0 Å². The van der Waals surface area contributed by atoms with Gasteiger partial charge in [0.05, 0.1) is 0 Å². The van der Waals surface area contributed by atoms with Crippen LogP contribution in [0.2, 0.25) is 0 Å². The van der Waals surface area contributed by atoms with E-state index < -0.39 is 0 Å². The van der Waals surface area contributed by atoms with Gasteiger partial charge in [0.15, 0.2) is 0 Å². The van der Waals surface area contributed by atoms with Crippen molar-refractivity contribution < 1.29 is 0 Å². The van der Waals surface area contributed by atoms with Crippen LogP contribution in [0, 0.1) is 5.92 Å². The number of hydrogen-bond donors (Lipinski definition) is 1. The Kier molecular flexibility index (Phi) is 5.43. The number of piperazine rings is 1. The van der Waals surface area contributed by atoms with Crippen molar-refractivity contribution >= 4 is 11.3 Å². The zero-order valence-corrected chi connectivity index (χ0v) is 13.6. The van der Waals surface area contributed by atoms with Gasteiger partial charge in [0, 0.05) is 36.6 Å². The lowest BCUT2D eigenvalue weighted by atomic mass is 9.98. The molecule has 108 valence electrons. The summed E-state index contributed by atoms with van der Waals surface area (Å²) >= 11 is 1.93. The SMILES string of the molecule is CCc1ccsc1CN1CC(C(C)C)NCC1CC. The number of nitrogens with one attached hydrogen (secondary N) is 1. The normalized spacial score (nSPS) is 25.1. The first-order chi connectivity index (χ1) is 9.15. The van der Waals surface area contributed by atoms with Gasteiger partial charge in [0.25, 0.3) is 0 Å². The molecule has 0 saturated carbocycles. The number of hydrogen-bond acceptors (Lipinski definition) is 3. The fraction of sp³-hybridized carbons (Fsp3) is 0.750. The molecule has 1 aliphatic rings. The highest BCUT2D eigenvalue weighted by Gasteiger charge is 2.28. The van der Waals surface area contributed by atoms with Gasteiger partial charge in [-0.25, -0.2) is 0 Å². The predicted octanol–water partition coefficient (Wildman–Crippen LogP) is 3.52. The van der Waals surface area contributed by atoms with E-state index in [-0.39, 0.29) is 0 Å². The summed E-state index contributed by atoms with van der Waals surface area (Å²) in [6.07, 6.45) is 2.40. The molecule has 0 radical (unpaired) electrons. The van der Waals surface area contributed by atoms with Crippen molar-refractivity contribution in [3.05, 3.63) is 21.9 Å². The second-order valence-corrected chi connectivity index (χ2v) is 6.97. The molecule has 19 heavy (non-hydrogen) atoms. The van der Waals surface area contributed by atoms with Gasteiger partial charge in [-0.1, -0.05) is 27.7 Å². The van der Waals surface area contributed by atoms with Crippen molar-refractivity contribution in [2.24, 2.45) is 5.92 Å². The van der Waals surface area contributed by atoms with Gasteiger partial charge in [-0.3, -0.25) is 4.90 Å². The maximum Gasteiger partial charge on any atom is 0.0334 e. The molecule has 2 heterocycles. The minimum atomic E-state index is 0.646. The molecule has 2 unspecified atom stereocenters. The maximum atomic E-state index is 3.72. The summed E-state index contributed by atoms with van der Waals surface area (Å²) in [5.41, 5.74) is 1.54. The zero-order chi connectivity index (χ0) is 13.8. The van der Waals surface area contributed by atoms with Crippen molar-refractivity contribution in [2.75, 3.05) is 13.1 Å². The predicted molar refractivity (Wildman–Crippen MR) is 84.8 cm³/mol. The highest BCUT2D eigenvalue weighted by atomic mass is 32.1. The molecule has 1 aromatic heterocycles. The zero-order valence-electron chi connectivity index (χ0n) is 12.8. The van der Waals surface area contributed by atoms with Gasteiger partial charge in [-0.15, -0.1) is 11.3 Å². The Labute approximate surface area is 122 Å². The van der Waals surface area contributed by atoms with E-state index in [1.165, 1.54) is 13.0 Å². The van der Waals surface area contributed by atoms with E-state index in [1.807, 2.05) is 11.3 Å². The van der Waals surface area contributed by atoms with Gasteiger partial charge in [-0.2, -0.15) is 0 Å². The van der Waals surface area contributed by atoms with Crippen molar-refractivity contribution in [1.82, 2.24) is 10.2 Å². The first-order valence-corrected chi connectivity index (χ1v) is 8.56. The molecule has 2 atom stereocenters. The average Bonchev–Trinajstić information content (AvgIpc) is 2.85. The fourth-order valence-electron chi connectivity index (χ4n) is 2.93. The van der Waals surface area contributed by atoms with Crippen molar-refractivity contribution in [3.8, 4) is 0 Å². The topological polar surface area (TPSA) is 15.3 Å². The molecular formula is C16H28N2S. The molecule has 1 aliphatic heterocycles. The molecular weight excluding hydrogens is 252 g/mol. The van der Waals surface area contributed by atoms with Crippen molar-refractivity contribution in [2.45, 2.75) is 59.2 Å². The van der Waals surface area contributed by atoms with Gasteiger partial charge in [-0.05, 0) is 35.8 Å². The number of nitrogens with zero attached hydrogens (tertiary/aromatic N) is 1. The van der Waals surface area contributed by atoms with Crippen LogP contribution in [-0.2, 0) is 13.0 Å². The summed E-state index contributed by atoms with van der Waals surface area (Å²) in [4.78, 5) is 4.27. The van der Waals surface area contributed by atoms with Gasteiger partial charge < -0.3 is 5.32 Å². The van der Waals surface area contributed by atoms with E-state index in [9.17, 15) is 0 Å². The Hall–Kier alpha value is -0.380. The molecule has 0 aliphatic carbocycles. The van der Waals surface area contributed by atoms with Gasteiger partial charge in [0.2, 0.25) is 0 Å². The smallest absolute Gasteiger partial charge is 0.0334 e. The third-order valence-corrected chi connectivity index (χ3v) is 5.35. The Bertz CT molecular complexity index is 386. The second-order valence-electron chi connectivity index (χ2n) is 5.97. The van der Waals surface area contributed by atoms with Crippen LogP contribution >= 0.6 is 11.3 Å². The Morgan fingerprint density at radius 1 is 1.42 bits per heavy atom. The molecule has 1 aromatic rings. The standard InChI is InChI=1S/C16H28N2S/c1-5-13-7-8-19-16(13)11-18-10-15(12(3)4)17-9-14(18)6-2/h7-8,12,14-15,17H,5-6,9-11H2,1-4H3. The van der Waals surface area contributed by atoms with Crippen LogP contribution in [0.3, 0.4) is 0 Å². The molecule has 0 aromatic carbocycles. The fourth-order valence-corrected chi connectivity index (χ4v) is 3.93. The molecule has 2 rings (SSSR count). The Morgan fingerprint density at radius 2 is 2.21 bits per heavy atom. The van der Waals surface area contributed by atoms with E-state index in [4.69, 9.17) is 0 Å². The van der Waals surface area contributed by atoms with Crippen molar-refractivity contribution in [3.63, 3.8) is 0 Å². The largest absolute Gasteiger partial charge is 0.311 e. The Balaban J connectivity index is 2.06. The summed E-state index contributed by atoms with van der Waals surface area (Å²) in [6, 6.07) is 3.64. The van der Waals surface area contributed by atoms with Crippen LogP contribution in [-0.4, -0.2) is 30.1 Å². The molecule has 1 saturated heterocycles. The van der Waals surface area contributed by atoms with Crippen LogP contribution in [0.1, 0.15) is 44.6 Å². The molecule has 0 spiro atoms. The quantitative estimate of drug-likeness (QED) is 0.888. The van der Waals surface area contributed by atoms with E-state index in [0.29, 0.717) is 18.0 Å². The number of aryl methyl sites for hydroxylation is 1. The maximum absolute atomic E-state index is 3.72. The lowest BCUT2D eigenvalue weighted by Gasteiger charge is -2.41. The molecule has 3 heteroatoms. The molecule has 1 N–H and O–H groups in total. The van der Waals surface area contributed by atoms with E-state index in [1.54, 1.807) is 10.4 Å². The molecule has 2 nitrogen and oxygen atoms in total. The summed E-state index contributed by atoms with van der Waals surface area (Å²) in [5.74, 6) is 0.717. The third-order valence-electron chi connectivity index (χ3n) is 4.40. The molecule has 1 fully saturated rings. The monoisotopic (exact) mass is 280 g/mol. The third kappa shape index (κ3) is 3.59. The van der Waals surface area contributed by atoms with E-state index in [0.717, 1.165) is 19.5 Å². The van der Waals surface area contributed by atoms with Gasteiger partial charge in [0.1, 0.15) is 0 Å². The second kappa shape index (κ2) is 6.87. The lowest BCUT2D eigenvalue weighted by Crippen LogP contribution is -2.57. The minimum Gasteiger partial charge on any atom is -0.311 e.